The number of amides is 3. The molecule has 0 unspecified atom stereocenters. The summed E-state index contributed by atoms with van der Waals surface area (Å²) in [5.74, 6) is -1.32. The van der Waals surface area contributed by atoms with Crippen LogP contribution in [0.3, 0.4) is 0 Å². The van der Waals surface area contributed by atoms with Gasteiger partial charge in [-0.05, 0) is 33.7 Å². The van der Waals surface area contributed by atoms with Crippen LogP contribution >= 0.6 is 0 Å². The maximum Gasteiger partial charge on any atom is 0.321 e. The average molecular weight is 259 g/mol. The molecule has 0 aliphatic heterocycles. The monoisotopic (exact) mass is 259 g/mol. The van der Waals surface area contributed by atoms with Gasteiger partial charge in [0.15, 0.2) is 0 Å². The first-order valence-corrected chi connectivity index (χ1v) is 5.75. The summed E-state index contributed by atoms with van der Waals surface area (Å²) in [5.41, 5.74) is -0.403. The first kappa shape index (κ1) is 16.4. The molecule has 0 atom stereocenters. The van der Waals surface area contributed by atoms with E-state index in [0.29, 0.717) is 13.0 Å². The second-order valence-electron chi connectivity index (χ2n) is 4.93. The number of hydrogen-bond acceptors (Lipinski definition) is 4. The van der Waals surface area contributed by atoms with E-state index in [0.717, 1.165) is 0 Å². The van der Waals surface area contributed by atoms with Gasteiger partial charge in [0.25, 0.3) is 0 Å². The fraction of sp³-hybridized carbons (Fsp3) is 0.727. The summed E-state index contributed by atoms with van der Waals surface area (Å²) in [5, 5.41) is 15.9. The van der Waals surface area contributed by atoms with Crippen LogP contribution in [0.1, 0.15) is 33.6 Å². The third-order valence-electron chi connectivity index (χ3n) is 1.77. The summed E-state index contributed by atoms with van der Waals surface area (Å²) in [6.07, 6.45) is 0.496. The smallest absolute Gasteiger partial charge is 0.321 e. The lowest BCUT2D eigenvalue weighted by Gasteiger charge is -2.20. The molecule has 0 aromatic carbocycles. The molecule has 0 spiro atoms. The highest BCUT2D eigenvalue weighted by Crippen LogP contribution is 1.97. The molecule has 0 saturated carbocycles. The third kappa shape index (κ3) is 10.9. The standard InChI is InChI=1S/C11H21N3O4/c1-11(2,3)14-10(18)13-8(15)7-12-6-4-5-9(16)17/h12H,4-7H2,1-3H3,(H,16,17)(H2,13,14,15,18). The number of carbonyl (C=O) groups is 3. The molecule has 0 radical (unpaired) electrons. The molecule has 7 nitrogen and oxygen atoms in total. The van der Waals surface area contributed by atoms with E-state index in [1.54, 1.807) is 20.8 Å². The summed E-state index contributed by atoms with van der Waals surface area (Å²) in [6, 6.07) is -0.542. The molecule has 3 amide bonds. The van der Waals surface area contributed by atoms with Gasteiger partial charge in [0.05, 0.1) is 6.54 Å². The van der Waals surface area contributed by atoms with Crippen molar-refractivity contribution in [3.8, 4) is 0 Å². The Labute approximate surface area is 106 Å². The van der Waals surface area contributed by atoms with E-state index >= 15 is 0 Å². The number of carboxylic acid groups (broad SMARTS) is 1. The zero-order valence-corrected chi connectivity index (χ0v) is 11.0. The molecule has 0 saturated heterocycles. The number of carboxylic acids is 1. The number of aliphatic carboxylic acids is 1. The highest BCUT2D eigenvalue weighted by atomic mass is 16.4. The Balaban J connectivity index is 3.65. The number of nitrogens with one attached hydrogen (secondary N) is 3. The molecule has 7 heteroatoms. The molecule has 0 aliphatic carbocycles. The fourth-order valence-electron chi connectivity index (χ4n) is 1.11. The van der Waals surface area contributed by atoms with Crippen LogP contribution in [0.4, 0.5) is 4.79 Å². The van der Waals surface area contributed by atoms with Crippen LogP contribution in [0.15, 0.2) is 0 Å². The predicted octanol–water partition coefficient (Wildman–Crippen LogP) is 0.0651. The van der Waals surface area contributed by atoms with Gasteiger partial charge in [0, 0.05) is 12.0 Å². The summed E-state index contributed by atoms with van der Waals surface area (Å²) < 4.78 is 0. The van der Waals surface area contributed by atoms with Gasteiger partial charge in [-0.2, -0.15) is 0 Å². The van der Waals surface area contributed by atoms with E-state index in [-0.39, 0.29) is 13.0 Å². The SMILES string of the molecule is CC(C)(C)NC(=O)NC(=O)CNCCCC(=O)O. The minimum Gasteiger partial charge on any atom is -0.481 e. The number of imide groups is 1. The molecule has 0 aromatic rings. The lowest BCUT2D eigenvalue weighted by atomic mass is 10.1. The third-order valence-corrected chi connectivity index (χ3v) is 1.77. The van der Waals surface area contributed by atoms with Crippen LogP contribution in [0.5, 0.6) is 0 Å². The van der Waals surface area contributed by atoms with Gasteiger partial charge in [-0.15, -0.1) is 0 Å². The second kappa shape index (κ2) is 7.65. The summed E-state index contributed by atoms with van der Waals surface area (Å²) in [7, 11) is 0. The minimum absolute atomic E-state index is 0.0167. The molecule has 104 valence electrons. The number of carbonyl (C=O) groups excluding carboxylic acids is 2. The van der Waals surface area contributed by atoms with Crippen molar-refractivity contribution in [1.29, 1.82) is 0 Å². The Hall–Kier alpha value is -1.63. The maximum absolute atomic E-state index is 11.3. The zero-order chi connectivity index (χ0) is 14.2. The Morgan fingerprint density at radius 2 is 1.78 bits per heavy atom. The van der Waals surface area contributed by atoms with Gasteiger partial charge in [0.2, 0.25) is 5.91 Å². The van der Waals surface area contributed by atoms with Crippen molar-refractivity contribution in [2.24, 2.45) is 0 Å². The highest BCUT2D eigenvalue weighted by Gasteiger charge is 2.15. The van der Waals surface area contributed by atoms with Gasteiger partial charge >= 0.3 is 12.0 Å². The van der Waals surface area contributed by atoms with E-state index in [1.807, 2.05) is 0 Å². The summed E-state index contributed by atoms with van der Waals surface area (Å²) >= 11 is 0. The first-order chi connectivity index (χ1) is 8.20. The Morgan fingerprint density at radius 3 is 2.28 bits per heavy atom. The van der Waals surface area contributed by atoms with Crippen molar-refractivity contribution < 1.29 is 19.5 Å². The van der Waals surface area contributed by atoms with Crippen LogP contribution in [-0.2, 0) is 9.59 Å². The predicted molar refractivity (Wildman–Crippen MR) is 66.2 cm³/mol. The lowest BCUT2D eigenvalue weighted by molar-refractivity contribution is -0.137. The number of urea groups is 1. The molecule has 0 aliphatic rings. The maximum atomic E-state index is 11.3. The number of hydrogen-bond donors (Lipinski definition) is 4. The summed E-state index contributed by atoms with van der Waals surface area (Å²) in [6.45, 7) is 5.82. The molecule has 4 N–H and O–H groups in total. The van der Waals surface area contributed by atoms with Gasteiger partial charge in [-0.25, -0.2) is 4.79 Å². The quantitative estimate of drug-likeness (QED) is 0.505. The van der Waals surface area contributed by atoms with Gasteiger partial charge < -0.3 is 15.7 Å². The van der Waals surface area contributed by atoms with E-state index in [4.69, 9.17) is 5.11 Å². The molecular formula is C11H21N3O4. The molecule has 0 heterocycles. The van der Waals surface area contributed by atoms with Crippen molar-refractivity contribution in [1.82, 2.24) is 16.0 Å². The van der Waals surface area contributed by atoms with Crippen molar-refractivity contribution in [3.05, 3.63) is 0 Å². The van der Waals surface area contributed by atoms with Crippen molar-refractivity contribution >= 4 is 17.9 Å². The van der Waals surface area contributed by atoms with Crippen molar-refractivity contribution in [2.45, 2.75) is 39.2 Å². The van der Waals surface area contributed by atoms with E-state index in [9.17, 15) is 14.4 Å². The Morgan fingerprint density at radius 1 is 1.17 bits per heavy atom. The number of rotatable bonds is 6. The van der Waals surface area contributed by atoms with Crippen LogP contribution in [0.25, 0.3) is 0 Å². The van der Waals surface area contributed by atoms with E-state index in [2.05, 4.69) is 16.0 Å². The van der Waals surface area contributed by atoms with Crippen LogP contribution in [0, 0.1) is 0 Å². The Kier molecular flexibility index (Phi) is 6.96. The van der Waals surface area contributed by atoms with E-state index < -0.39 is 23.4 Å². The van der Waals surface area contributed by atoms with Gasteiger partial charge in [-0.1, -0.05) is 0 Å². The molecule has 0 rings (SSSR count). The Bertz CT molecular complexity index is 310. The summed E-state index contributed by atoms with van der Waals surface area (Å²) in [4.78, 5) is 32.8. The largest absolute Gasteiger partial charge is 0.481 e. The molecule has 18 heavy (non-hydrogen) atoms. The van der Waals surface area contributed by atoms with Crippen LogP contribution in [-0.4, -0.2) is 41.6 Å². The molecule has 0 fully saturated rings. The topological polar surface area (TPSA) is 108 Å². The minimum atomic E-state index is -0.870. The molecule has 0 bridgehead atoms. The first-order valence-electron chi connectivity index (χ1n) is 5.75. The zero-order valence-electron chi connectivity index (χ0n) is 11.0. The second-order valence-corrected chi connectivity index (χ2v) is 4.93. The molecular weight excluding hydrogens is 238 g/mol. The average Bonchev–Trinajstić information content (AvgIpc) is 2.12. The van der Waals surface area contributed by atoms with Crippen molar-refractivity contribution in [2.75, 3.05) is 13.1 Å². The van der Waals surface area contributed by atoms with Crippen molar-refractivity contribution in [3.63, 3.8) is 0 Å². The van der Waals surface area contributed by atoms with Crippen LogP contribution < -0.4 is 16.0 Å². The van der Waals surface area contributed by atoms with Gasteiger partial charge in [-0.3, -0.25) is 14.9 Å². The van der Waals surface area contributed by atoms with Gasteiger partial charge in [0.1, 0.15) is 0 Å². The fourth-order valence-corrected chi connectivity index (χ4v) is 1.11. The highest BCUT2D eigenvalue weighted by molar-refractivity contribution is 5.95. The molecule has 0 aromatic heterocycles. The van der Waals surface area contributed by atoms with Crippen LogP contribution in [0.2, 0.25) is 0 Å². The van der Waals surface area contributed by atoms with E-state index in [1.165, 1.54) is 0 Å². The normalized spacial score (nSPS) is 10.8. The lowest BCUT2D eigenvalue weighted by Crippen LogP contribution is -2.50.